The molecule has 1 unspecified atom stereocenters. The van der Waals surface area contributed by atoms with Crippen molar-refractivity contribution in [1.29, 1.82) is 0 Å². The van der Waals surface area contributed by atoms with E-state index in [9.17, 15) is 19.1 Å². The SMILES string of the molecule is Cc1ccc(NC(=O)C(=O)NCC(O)c2ccc3c(c2)CCN3C)cc1F. The number of likely N-dealkylation sites (N-methyl/N-ethyl adjacent to an activating group) is 1. The summed E-state index contributed by atoms with van der Waals surface area (Å²) in [6.07, 6.45) is -0.0105. The van der Waals surface area contributed by atoms with Crippen molar-refractivity contribution in [1.82, 2.24) is 5.32 Å². The number of rotatable bonds is 4. The minimum Gasteiger partial charge on any atom is -0.387 e. The Hall–Kier alpha value is -2.93. The average Bonchev–Trinajstić information content (AvgIpc) is 3.02. The molecule has 0 aromatic heterocycles. The van der Waals surface area contributed by atoms with E-state index in [4.69, 9.17) is 0 Å². The van der Waals surface area contributed by atoms with E-state index in [2.05, 4.69) is 15.5 Å². The summed E-state index contributed by atoms with van der Waals surface area (Å²) in [5.41, 5.74) is 3.62. The monoisotopic (exact) mass is 371 g/mol. The van der Waals surface area contributed by atoms with Crippen molar-refractivity contribution in [2.75, 3.05) is 30.4 Å². The molecule has 142 valence electrons. The van der Waals surface area contributed by atoms with Crippen LogP contribution in [0.3, 0.4) is 0 Å². The number of fused-ring (bicyclic) bond motifs is 1. The number of anilines is 2. The second kappa shape index (κ2) is 7.75. The van der Waals surface area contributed by atoms with Crippen LogP contribution in [0.1, 0.15) is 22.8 Å². The third-order valence-electron chi connectivity index (χ3n) is 4.71. The number of benzene rings is 2. The molecule has 7 heteroatoms. The Labute approximate surface area is 157 Å². The van der Waals surface area contributed by atoms with Crippen LogP contribution in [0.4, 0.5) is 15.8 Å². The largest absolute Gasteiger partial charge is 0.387 e. The number of amides is 2. The maximum Gasteiger partial charge on any atom is 0.313 e. The van der Waals surface area contributed by atoms with Crippen LogP contribution in [0.5, 0.6) is 0 Å². The number of nitrogens with one attached hydrogen (secondary N) is 2. The number of aliphatic hydroxyl groups excluding tert-OH is 1. The first kappa shape index (κ1) is 18.8. The van der Waals surface area contributed by atoms with E-state index in [0.717, 1.165) is 30.3 Å². The smallest absolute Gasteiger partial charge is 0.313 e. The van der Waals surface area contributed by atoms with E-state index in [-0.39, 0.29) is 12.2 Å². The van der Waals surface area contributed by atoms with E-state index in [1.54, 1.807) is 6.92 Å². The number of carbonyl (C=O) groups excluding carboxylic acids is 2. The predicted molar refractivity (Wildman–Crippen MR) is 101 cm³/mol. The van der Waals surface area contributed by atoms with Gasteiger partial charge in [-0.25, -0.2) is 4.39 Å². The number of carbonyl (C=O) groups is 2. The number of aliphatic hydroxyl groups is 1. The van der Waals surface area contributed by atoms with Crippen LogP contribution in [0, 0.1) is 12.7 Å². The summed E-state index contributed by atoms with van der Waals surface area (Å²) in [5, 5.41) is 15.0. The second-order valence-corrected chi connectivity index (χ2v) is 6.70. The molecule has 2 aromatic rings. The Morgan fingerprint density at radius 3 is 2.74 bits per heavy atom. The molecule has 2 aromatic carbocycles. The summed E-state index contributed by atoms with van der Waals surface area (Å²) in [6.45, 7) is 2.45. The molecule has 0 saturated heterocycles. The van der Waals surface area contributed by atoms with Crippen LogP contribution in [0.2, 0.25) is 0 Å². The maximum absolute atomic E-state index is 13.5. The molecule has 1 aliphatic heterocycles. The molecule has 1 aliphatic rings. The van der Waals surface area contributed by atoms with Crippen molar-refractivity contribution in [3.63, 3.8) is 0 Å². The Balaban J connectivity index is 1.55. The van der Waals surface area contributed by atoms with Gasteiger partial charge in [0, 0.05) is 31.5 Å². The van der Waals surface area contributed by atoms with Crippen molar-refractivity contribution < 1.29 is 19.1 Å². The van der Waals surface area contributed by atoms with Gasteiger partial charge in [-0.2, -0.15) is 0 Å². The Bertz CT molecular complexity index is 885. The molecular weight excluding hydrogens is 349 g/mol. The molecule has 3 N–H and O–H groups in total. The summed E-state index contributed by atoms with van der Waals surface area (Å²) < 4.78 is 13.5. The summed E-state index contributed by atoms with van der Waals surface area (Å²) in [7, 11) is 2.01. The highest BCUT2D eigenvalue weighted by atomic mass is 19.1. The van der Waals surface area contributed by atoms with Gasteiger partial charge in [0.2, 0.25) is 0 Å². The first-order chi connectivity index (χ1) is 12.8. The van der Waals surface area contributed by atoms with Gasteiger partial charge in [-0.05, 0) is 48.2 Å². The van der Waals surface area contributed by atoms with Gasteiger partial charge in [-0.1, -0.05) is 18.2 Å². The normalized spacial score (nSPS) is 13.9. The van der Waals surface area contributed by atoms with Crippen LogP contribution in [-0.2, 0) is 16.0 Å². The number of halogens is 1. The zero-order valence-corrected chi connectivity index (χ0v) is 15.3. The lowest BCUT2D eigenvalue weighted by Crippen LogP contribution is -2.37. The molecule has 1 heterocycles. The zero-order valence-electron chi connectivity index (χ0n) is 15.3. The minimum absolute atomic E-state index is 0.0941. The fourth-order valence-electron chi connectivity index (χ4n) is 3.04. The highest BCUT2D eigenvalue weighted by Gasteiger charge is 2.20. The summed E-state index contributed by atoms with van der Waals surface area (Å²) in [5.74, 6) is -2.28. The lowest BCUT2D eigenvalue weighted by molar-refractivity contribution is -0.136. The fraction of sp³-hybridized carbons (Fsp3) is 0.300. The first-order valence-electron chi connectivity index (χ1n) is 8.72. The molecule has 0 aliphatic carbocycles. The molecule has 2 amide bonds. The van der Waals surface area contributed by atoms with Gasteiger partial charge in [0.15, 0.2) is 0 Å². The van der Waals surface area contributed by atoms with Crippen LogP contribution in [0.15, 0.2) is 36.4 Å². The molecule has 3 rings (SSSR count). The van der Waals surface area contributed by atoms with Gasteiger partial charge in [0.05, 0.1) is 6.10 Å². The molecule has 0 spiro atoms. The van der Waals surface area contributed by atoms with Crippen LogP contribution in [-0.4, -0.2) is 37.1 Å². The Kier molecular flexibility index (Phi) is 5.41. The summed E-state index contributed by atoms with van der Waals surface area (Å²) in [6, 6.07) is 9.85. The van der Waals surface area contributed by atoms with Crippen molar-refractivity contribution >= 4 is 23.2 Å². The van der Waals surface area contributed by atoms with Crippen LogP contribution < -0.4 is 15.5 Å². The van der Waals surface area contributed by atoms with E-state index < -0.39 is 23.7 Å². The standard InChI is InChI=1S/C20H22FN3O3/c1-12-3-5-15(10-16(12)21)23-20(27)19(26)22-11-18(25)14-4-6-17-13(9-14)7-8-24(17)2/h3-6,9-10,18,25H,7-8,11H2,1-2H3,(H,22,26)(H,23,27). The van der Waals surface area contributed by atoms with Crippen molar-refractivity contribution in [2.24, 2.45) is 0 Å². The van der Waals surface area contributed by atoms with E-state index in [0.29, 0.717) is 11.1 Å². The lowest BCUT2D eigenvalue weighted by atomic mass is 10.0. The molecule has 0 radical (unpaired) electrons. The Morgan fingerprint density at radius 2 is 2.00 bits per heavy atom. The summed E-state index contributed by atoms with van der Waals surface area (Å²) >= 11 is 0. The number of aryl methyl sites for hydroxylation is 1. The average molecular weight is 371 g/mol. The zero-order chi connectivity index (χ0) is 19.6. The highest BCUT2D eigenvalue weighted by molar-refractivity contribution is 6.39. The molecule has 6 nitrogen and oxygen atoms in total. The molecular formula is C20H22FN3O3. The molecule has 1 atom stereocenters. The van der Waals surface area contributed by atoms with Crippen molar-refractivity contribution in [3.8, 4) is 0 Å². The van der Waals surface area contributed by atoms with Gasteiger partial charge < -0.3 is 20.6 Å². The fourth-order valence-corrected chi connectivity index (χ4v) is 3.04. The number of hydrogen-bond donors (Lipinski definition) is 3. The van der Waals surface area contributed by atoms with Gasteiger partial charge in [-0.3, -0.25) is 9.59 Å². The third kappa shape index (κ3) is 4.25. The highest BCUT2D eigenvalue weighted by Crippen LogP contribution is 2.29. The molecule has 0 bridgehead atoms. The van der Waals surface area contributed by atoms with Gasteiger partial charge >= 0.3 is 11.8 Å². The summed E-state index contributed by atoms with van der Waals surface area (Å²) in [4.78, 5) is 26.0. The van der Waals surface area contributed by atoms with E-state index >= 15 is 0 Å². The second-order valence-electron chi connectivity index (χ2n) is 6.70. The van der Waals surface area contributed by atoms with Gasteiger partial charge in [0.25, 0.3) is 0 Å². The van der Waals surface area contributed by atoms with Gasteiger partial charge in [0.1, 0.15) is 5.82 Å². The van der Waals surface area contributed by atoms with E-state index in [1.165, 1.54) is 12.1 Å². The maximum atomic E-state index is 13.5. The molecule has 27 heavy (non-hydrogen) atoms. The third-order valence-corrected chi connectivity index (χ3v) is 4.71. The predicted octanol–water partition coefficient (Wildman–Crippen LogP) is 1.91. The van der Waals surface area contributed by atoms with Crippen molar-refractivity contribution in [3.05, 3.63) is 58.9 Å². The quantitative estimate of drug-likeness (QED) is 0.717. The Morgan fingerprint density at radius 1 is 1.22 bits per heavy atom. The van der Waals surface area contributed by atoms with E-state index in [1.807, 2.05) is 25.2 Å². The van der Waals surface area contributed by atoms with Crippen LogP contribution in [0.25, 0.3) is 0 Å². The number of nitrogens with zero attached hydrogens (tertiary/aromatic N) is 1. The topological polar surface area (TPSA) is 81.7 Å². The van der Waals surface area contributed by atoms with Crippen LogP contribution >= 0.6 is 0 Å². The molecule has 0 fully saturated rings. The first-order valence-corrected chi connectivity index (χ1v) is 8.72. The number of hydrogen-bond acceptors (Lipinski definition) is 4. The molecule has 0 saturated carbocycles. The van der Waals surface area contributed by atoms with Crippen molar-refractivity contribution in [2.45, 2.75) is 19.4 Å². The van der Waals surface area contributed by atoms with Gasteiger partial charge in [-0.15, -0.1) is 0 Å². The lowest BCUT2D eigenvalue weighted by Gasteiger charge is -2.15. The minimum atomic E-state index is -0.922.